The molecule has 0 saturated heterocycles. The Labute approximate surface area is 54.2 Å². The Morgan fingerprint density at radius 2 is 1.33 bits per heavy atom. The van der Waals surface area contributed by atoms with E-state index in [1.54, 1.807) is 0 Å². The fourth-order valence-electron chi connectivity index (χ4n) is 0.531. The molecule has 0 aromatic rings. The number of rotatable bonds is 0. The van der Waals surface area contributed by atoms with Gasteiger partial charge in [-0.25, -0.2) is 0 Å². The maximum atomic E-state index is 5.06. The smallest absolute Gasteiger partial charge is 0.117 e. The standard InChI is InChI=1S/C6H10O3/c1-2-8-5-6-9-4-3-7-1/h1-2H,3-6H2. The van der Waals surface area contributed by atoms with Crippen molar-refractivity contribution in [3.8, 4) is 0 Å². The second-order valence-corrected chi connectivity index (χ2v) is 1.63. The van der Waals surface area contributed by atoms with Gasteiger partial charge < -0.3 is 14.2 Å². The van der Waals surface area contributed by atoms with Crippen LogP contribution >= 0.6 is 0 Å². The molecular formula is C6H10O3. The van der Waals surface area contributed by atoms with E-state index in [2.05, 4.69) is 0 Å². The molecule has 3 heteroatoms. The summed E-state index contributed by atoms with van der Waals surface area (Å²) >= 11 is 0. The zero-order valence-corrected chi connectivity index (χ0v) is 5.21. The highest BCUT2D eigenvalue weighted by atomic mass is 16.6. The summed E-state index contributed by atoms with van der Waals surface area (Å²) in [7, 11) is 0. The third kappa shape index (κ3) is 2.98. The van der Waals surface area contributed by atoms with Crippen LogP contribution in [0.5, 0.6) is 0 Å². The monoisotopic (exact) mass is 130 g/mol. The molecule has 3 nitrogen and oxygen atoms in total. The van der Waals surface area contributed by atoms with Crippen LogP contribution in [0.2, 0.25) is 0 Å². The summed E-state index contributed by atoms with van der Waals surface area (Å²) in [6, 6.07) is 0. The largest absolute Gasteiger partial charge is 0.496 e. The number of ether oxygens (including phenoxy) is 3. The minimum atomic E-state index is 0.611. The van der Waals surface area contributed by atoms with Crippen molar-refractivity contribution in [1.29, 1.82) is 0 Å². The lowest BCUT2D eigenvalue weighted by Gasteiger charge is -1.98. The molecule has 0 aliphatic carbocycles. The van der Waals surface area contributed by atoms with Gasteiger partial charge in [0.25, 0.3) is 0 Å². The van der Waals surface area contributed by atoms with Gasteiger partial charge in [-0.15, -0.1) is 0 Å². The van der Waals surface area contributed by atoms with Gasteiger partial charge >= 0.3 is 0 Å². The Hall–Kier alpha value is -0.700. The molecule has 1 aliphatic heterocycles. The minimum Gasteiger partial charge on any atom is -0.496 e. The Morgan fingerprint density at radius 3 is 1.89 bits per heavy atom. The molecule has 1 aliphatic rings. The highest BCUT2D eigenvalue weighted by Crippen LogP contribution is 1.86. The number of hydrogen-bond donors (Lipinski definition) is 0. The highest BCUT2D eigenvalue weighted by Gasteiger charge is 1.89. The van der Waals surface area contributed by atoms with Crippen molar-refractivity contribution in [2.75, 3.05) is 26.4 Å². The molecule has 0 aromatic heterocycles. The molecular weight excluding hydrogens is 120 g/mol. The summed E-state index contributed by atoms with van der Waals surface area (Å²) in [5, 5.41) is 0. The molecule has 1 heterocycles. The van der Waals surface area contributed by atoms with Crippen molar-refractivity contribution in [2.24, 2.45) is 0 Å². The summed E-state index contributed by atoms with van der Waals surface area (Å²) in [5.74, 6) is 0. The molecule has 0 atom stereocenters. The van der Waals surface area contributed by atoms with Crippen molar-refractivity contribution in [1.82, 2.24) is 0 Å². The molecule has 0 fully saturated rings. The predicted octanol–water partition coefficient (Wildman–Crippen LogP) is 0.521. The van der Waals surface area contributed by atoms with Crippen LogP contribution in [0.25, 0.3) is 0 Å². The fraction of sp³-hybridized carbons (Fsp3) is 0.667. The molecule has 0 saturated carbocycles. The van der Waals surface area contributed by atoms with E-state index >= 15 is 0 Å². The van der Waals surface area contributed by atoms with Crippen LogP contribution in [-0.2, 0) is 14.2 Å². The molecule has 9 heavy (non-hydrogen) atoms. The average molecular weight is 130 g/mol. The second kappa shape index (κ2) is 4.21. The maximum absolute atomic E-state index is 5.06. The van der Waals surface area contributed by atoms with Crippen LogP contribution in [-0.4, -0.2) is 26.4 Å². The number of hydrogen-bond acceptors (Lipinski definition) is 3. The van der Waals surface area contributed by atoms with Crippen LogP contribution in [0.4, 0.5) is 0 Å². The average Bonchev–Trinajstić information content (AvgIpc) is 2.00. The van der Waals surface area contributed by atoms with Crippen LogP contribution < -0.4 is 0 Å². The van der Waals surface area contributed by atoms with Crippen molar-refractivity contribution < 1.29 is 14.2 Å². The van der Waals surface area contributed by atoms with Crippen molar-refractivity contribution >= 4 is 0 Å². The molecule has 0 amide bonds. The van der Waals surface area contributed by atoms with Gasteiger partial charge in [0.1, 0.15) is 25.7 Å². The lowest BCUT2D eigenvalue weighted by molar-refractivity contribution is 0.0692. The Bertz CT molecular complexity index is 80.3. The van der Waals surface area contributed by atoms with E-state index in [0.717, 1.165) is 0 Å². The Kier molecular flexibility index (Phi) is 3.00. The molecule has 52 valence electrons. The zero-order chi connectivity index (χ0) is 6.36. The Balaban J connectivity index is 2.15. The second-order valence-electron chi connectivity index (χ2n) is 1.63. The summed E-state index contributed by atoms with van der Waals surface area (Å²) in [4.78, 5) is 0. The van der Waals surface area contributed by atoms with E-state index < -0.39 is 0 Å². The SMILES string of the molecule is C1=COCCOCCO1. The molecule has 0 N–H and O–H groups in total. The molecule has 1 rings (SSSR count). The molecule has 0 unspecified atom stereocenters. The van der Waals surface area contributed by atoms with Gasteiger partial charge in [-0.3, -0.25) is 0 Å². The quantitative estimate of drug-likeness (QED) is 0.478. The van der Waals surface area contributed by atoms with Crippen LogP contribution in [0.1, 0.15) is 0 Å². The van der Waals surface area contributed by atoms with E-state index in [9.17, 15) is 0 Å². The lowest BCUT2D eigenvalue weighted by atomic mass is 10.7. The van der Waals surface area contributed by atoms with E-state index in [1.165, 1.54) is 12.5 Å². The van der Waals surface area contributed by atoms with Crippen molar-refractivity contribution in [3.63, 3.8) is 0 Å². The fourth-order valence-corrected chi connectivity index (χ4v) is 0.531. The van der Waals surface area contributed by atoms with Gasteiger partial charge in [0, 0.05) is 0 Å². The molecule has 0 bridgehead atoms. The van der Waals surface area contributed by atoms with E-state index in [0.29, 0.717) is 26.4 Å². The van der Waals surface area contributed by atoms with Crippen LogP contribution in [0.15, 0.2) is 12.5 Å². The van der Waals surface area contributed by atoms with E-state index in [1.807, 2.05) is 0 Å². The van der Waals surface area contributed by atoms with Gasteiger partial charge in [0.05, 0.1) is 13.2 Å². The lowest BCUT2D eigenvalue weighted by Crippen LogP contribution is -2.04. The maximum Gasteiger partial charge on any atom is 0.117 e. The summed E-state index contributed by atoms with van der Waals surface area (Å²) in [6.45, 7) is 2.52. The van der Waals surface area contributed by atoms with Gasteiger partial charge in [-0.2, -0.15) is 0 Å². The molecule has 0 spiro atoms. The predicted molar refractivity (Wildman–Crippen MR) is 31.9 cm³/mol. The first kappa shape index (κ1) is 6.42. The summed E-state index contributed by atoms with van der Waals surface area (Å²) in [6.07, 6.45) is 3.07. The van der Waals surface area contributed by atoms with Gasteiger partial charge in [-0.05, 0) is 0 Å². The first-order valence-electron chi connectivity index (χ1n) is 2.96. The molecule has 0 aromatic carbocycles. The van der Waals surface area contributed by atoms with E-state index in [-0.39, 0.29) is 0 Å². The third-order valence-corrected chi connectivity index (χ3v) is 0.939. The van der Waals surface area contributed by atoms with Crippen LogP contribution in [0.3, 0.4) is 0 Å². The van der Waals surface area contributed by atoms with Gasteiger partial charge in [0.15, 0.2) is 0 Å². The van der Waals surface area contributed by atoms with E-state index in [4.69, 9.17) is 14.2 Å². The first-order chi connectivity index (χ1) is 4.50. The topological polar surface area (TPSA) is 27.7 Å². The normalized spacial score (nSPS) is 20.4. The van der Waals surface area contributed by atoms with Crippen LogP contribution in [0, 0.1) is 0 Å². The van der Waals surface area contributed by atoms with Crippen molar-refractivity contribution in [3.05, 3.63) is 12.5 Å². The third-order valence-electron chi connectivity index (χ3n) is 0.939. The van der Waals surface area contributed by atoms with Gasteiger partial charge in [0.2, 0.25) is 0 Å². The van der Waals surface area contributed by atoms with Crippen molar-refractivity contribution in [2.45, 2.75) is 0 Å². The first-order valence-corrected chi connectivity index (χ1v) is 2.96. The Morgan fingerprint density at radius 1 is 0.778 bits per heavy atom. The highest BCUT2D eigenvalue weighted by molar-refractivity contribution is 4.61. The van der Waals surface area contributed by atoms with Gasteiger partial charge in [-0.1, -0.05) is 0 Å². The minimum absolute atomic E-state index is 0.611. The summed E-state index contributed by atoms with van der Waals surface area (Å²) in [5.41, 5.74) is 0. The summed E-state index contributed by atoms with van der Waals surface area (Å²) < 4.78 is 14.9. The molecule has 0 radical (unpaired) electrons. The zero-order valence-electron chi connectivity index (χ0n) is 5.21.